The lowest BCUT2D eigenvalue weighted by atomic mass is 9.89. The number of rotatable bonds is 8. The van der Waals surface area contributed by atoms with Crippen LogP contribution < -0.4 is 24.3 Å². The van der Waals surface area contributed by atoms with Crippen LogP contribution in [0.4, 0.5) is 0 Å². The Morgan fingerprint density at radius 1 is 1.00 bits per heavy atom. The van der Waals surface area contributed by atoms with Crippen LogP contribution >= 0.6 is 0 Å². The van der Waals surface area contributed by atoms with Gasteiger partial charge in [-0.1, -0.05) is 26.0 Å². The third-order valence-electron chi connectivity index (χ3n) is 4.90. The quantitative estimate of drug-likeness (QED) is 0.731. The zero-order valence-electron chi connectivity index (χ0n) is 17.5. The molecule has 5 nitrogen and oxygen atoms in total. The second kappa shape index (κ2) is 9.20. The van der Waals surface area contributed by atoms with E-state index in [1.165, 1.54) is 11.1 Å². The molecule has 2 aromatic carbocycles. The van der Waals surface area contributed by atoms with Crippen LogP contribution in [0.1, 0.15) is 43.5 Å². The maximum absolute atomic E-state index is 5.93. The van der Waals surface area contributed by atoms with Crippen molar-refractivity contribution < 1.29 is 18.9 Å². The van der Waals surface area contributed by atoms with Crippen molar-refractivity contribution in [2.75, 3.05) is 34.0 Å². The third-order valence-corrected chi connectivity index (χ3v) is 4.90. The zero-order chi connectivity index (χ0) is 20.1. The fourth-order valence-electron chi connectivity index (χ4n) is 3.60. The van der Waals surface area contributed by atoms with Crippen molar-refractivity contribution in [1.29, 1.82) is 0 Å². The van der Waals surface area contributed by atoms with Crippen molar-refractivity contribution >= 4 is 0 Å². The van der Waals surface area contributed by atoms with Crippen molar-refractivity contribution in [3.8, 4) is 23.0 Å². The zero-order valence-corrected chi connectivity index (χ0v) is 17.5. The Morgan fingerprint density at radius 2 is 1.75 bits per heavy atom. The van der Waals surface area contributed by atoms with Crippen LogP contribution in [-0.4, -0.2) is 34.0 Å². The van der Waals surface area contributed by atoms with Gasteiger partial charge in [0.1, 0.15) is 0 Å². The highest BCUT2D eigenvalue weighted by Crippen LogP contribution is 2.41. The molecule has 1 atom stereocenters. The Hall–Kier alpha value is -2.40. The molecule has 0 bridgehead atoms. The normalized spacial score (nSPS) is 15.9. The van der Waals surface area contributed by atoms with E-state index in [0.717, 1.165) is 41.5 Å². The lowest BCUT2D eigenvalue weighted by Crippen LogP contribution is -2.31. The topological polar surface area (TPSA) is 49.0 Å². The predicted molar refractivity (Wildman–Crippen MR) is 111 cm³/mol. The maximum Gasteiger partial charge on any atom is 0.164 e. The van der Waals surface area contributed by atoms with Crippen molar-refractivity contribution in [3.63, 3.8) is 0 Å². The molecule has 28 heavy (non-hydrogen) atoms. The van der Waals surface area contributed by atoms with E-state index in [2.05, 4.69) is 37.4 Å². The maximum atomic E-state index is 5.93. The van der Waals surface area contributed by atoms with E-state index < -0.39 is 0 Å². The average Bonchev–Trinajstić information content (AvgIpc) is 2.72. The molecule has 0 aliphatic carbocycles. The summed E-state index contributed by atoms with van der Waals surface area (Å²) in [6.45, 7) is 8.41. The van der Waals surface area contributed by atoms with E-state index in [0.29, 0.717) is 19.1 Å². The van der Waals surface area contributed by atoms with Crippen LogP contribution in [0.5, 0.6) is 23.0 Å². The van der Waals surface area contributed by atoms with Gasteiger partial charge in [0, 0.05) is 12.1 Å². The molecule has 1 heterocycles. The van der Waals surface area contributed by atoms with Crippen LogP contribution in [0, 0.1) is 5.92 Å². The van der Waals surface area contributed by atoms with Gasteiger partial charge in [-0.2, -0.15) is 0 Å². The largest absolute Gasteiger partial charge is 0.493 e. The van der Waals surface area contributed by atoms with Crippen LogP contribution in [0.3, 0.4) is 0 Å². The molecule has 3 rings (SSSR count). The van der Waals surface area contributed by atoms with Gasteiger partial charge in [-0.05, 0) is 48.6 Å². The first-order valence-corrected chi connectivity index (χ1v) is 9.95. The van der Waals surface area contributed by atoms with Crippen molar-refractivity contribution in [1.82, 2.24) is 5.32 Å². The Kier molecular flexibility index (Phi) is 6.68. The summed E-state index contributed by atoms with van der Waals surface area (Å²) in [7, 11) is 3.37. The summed E-state index contributed by atoms with van der Waals surface area (Å²) < 4.78 is 23.0. The summed E-state index contributed by atoms with van der Waals surface area (Å²) in [6, 6.07) is 10.4. The van der Waals surface area contributed by atoms with E-state index in [-0.39, 0.29) is 6.04 Å². The number of hydrogen-bond donors (Lipinski definition) is 1. The fraction of sp³-hybridized carbons (Fsp3) is 0.478. The number of benzene rings is 2. The number of hydrogen-bond acceptors (Lipinski definition) is 5. The van der Waals surface area contributed by atoms with Crippen LogP contribution in [-0.2, 0) is 6.42 Å². The summed E-state index contributed by atoms with van der Waals surface area (Å²) in [5.41, 5.74) is 3.57. The smallest absolute Gasteiger partial charge is 0.164 e. The summed E-state index contributed by atoms with van der Waals surface area (Å²) >= 11 is 0. The molecule has 0 spiro atoms. The second-order valence-corrected chi connectivity index (χ2v) is 7.35. The molecule has 0 fully saturated rings. The van der Waals surface area contributed by atoms with Gasteiger partial charge < -0.3 is 24.3 Å². The predicted octanol–water partition coefficient (Wildman–Crippen LogP) is 4.37. The lowest BCUT2D eigenvalue weighted by Gasteiger charge is -2.30. The van der Waals surface area contributed by atoms with Gasteiger partial charge in [0.25, 0.3) is 0 Å². The summed E-state index contributed by atoms with van der Waals surface area (Å²) in [5.74, 6) is 3.64. The van der Waals surface area contributed by atoms with Gasteiger partial charge in [0.15, 0.2) is 23.0 Å². The van der Waals surface area contributed by atoms with E-state index in [1.54, 1.807) is 14.2 Å². The molecule has 1 unspecified atom stereocenters. The van der Waals surface area contributed by atoms with E-state index >= 15 is 0 Å². The molecule has 152 valence electrons. The highest BCUT2D eigenvalue weighted by atomic mass is 16.5. The molecule has 2 aromatic rings. The van der Waals surface area contributed by atoms with E-state index in [1.807, 2.05) is 19.1 Å². The van der Waals surface area contributed by atoms with Gasteiger partial charge in [-0.3, -0.25) is 0 Å². The number of fused-ring (bicyclic) bond motifs is 1. The van der Waals surface area contributed by atoms with E-state index in [9.17, 15) is 0 Å². The first-order valence-electron chi connectivity index (χ1n) is 9.95. The van der Waals surface area contributed by atoms with E-state index in [4.69, 9.17) is 18.9 Å². The molecule has 5 heteroatoms. The summed E-state index contributed by atoms with van der Waals surface area (Å²) in [4.78, 5) is 0. The lowest BCUT2D eigenvalue weighted by molar-refractivity contribution is 0.256. The molecule has 0 amide bonds. The Bertz CT molecular complexity index is 803. The standard InChI is InChI=1S/C23H31NO4/c1-6-27-23-18-11-12-24-22(17(18)8-10-20(23)25-4)16-7-9-19(21(13-16)26-5)28-14-15(2)3/h7-10,13,15,22,24H,6,11-12,14H2,1-5H3. The first-order chi connectivity index (χ1) is 13.6. The molecule has 0 saturated carbocycles. The molecular formula is C23H31NO4. The molecular weight excluding hydrogens is 354 g/mol. The van der Waals surface area contributed by atoms with Crippen molar-refractivity contribution in [2.45, 2.75) is 33.2 Å². The minimum absolute atomic E-state index is 0.0712. The number of nitrogens with one attached hydrogen (secondary N) is 1. The minimum Gasteiger partial charge on any atom is -0.493 e. The first kappa shape index (κ1) is 20.3. The summed E-state index contributed by atoms with van der Waals surface area (Å²) in [5, 5.41) is 3.63. The third kappa shape index (κ3) is 4.20. The van der Waals surface area contributed by atoms with Crippen LogP contribution in [0.15, 0.2) is 30.3 Å². The molecule has 0 aromatic heterocycles. The molecule has 0 radical (unpaired) electrons. The van der Waals surface area contributed by atoms with Gasteiger partial charge in [0.2, 0.25) is 0 Å². The fourth-order valence-corrected chi connectivity index (χ4v) is 3.60. The highest BCUT2D eigenvalue weighted by Gasteiger charge is 2.26. The van der Waals surface area contributed by atoms with Crippen molar-refractivity contribution in [2.24, 2.45) is 5.92 Å². The van der Waals surface area contributed by atoms with Crippen molar-refractivity contribution in [3.05, 3.63) is 47.0 Å². The molecule has 1 aliphatic heterocycles. The SMILES string of the molecule is CCOc1c(OC)ccc2c1CCNC2c1ccc(OCC(C)C)c(OC)c1. The number of ether oxygens (including phenoxy) is 4. The molecule has 1 aliphatic rings. The molecule has 1 N–H and O–H groups in total. The second-order valence-electron chi connectivity index (χ2n) is 7.35. The number of methoxy groups -OCH3 is 2. The van der Waals surface area contributed by atoms with Gasteiger partial charge >= 0.3 is 0 Å². The van der Waals surface area contributed by atoms with Crippen LogP contribution in [0.2, 0.25) is 0 Å². The van der Waals surface area contributed by atoms with Gasteiger partial charge in [-0.15, -0.1) is 0 Å². The van der Waals surface area contributed by atoms with Gasteiger partial charge in [0.05, 0.1) is 33.5 Å². The van der Waals surface area contributed by atoms with Gasteiger partial charge in [-0.25, -0.2) is 0 Å². The highest BCUT2D eigenvalue weighted by molar-refractivity contribution is 5.55. The monoisotopic (exact) mass is 385 g/mol. The summed E-state index contributed by atoms with van der Waals surface area (Å²) in [6.07, 6.45) is 0.908. The Labute approximate surface area is 168 Å². The Balaban J connectivity index is 1.97. The minimum atomic E-state index is 0.0712. The molecule has 0 saturated heterocycles. The van der Waals surface area contributed by atoms with Crippen LogP contribution in [0.25, 0.3) is 0 Å². The Morgan fingerprint density at radius 3 is 2.43 bits per heavy atom. The average molecular weight is 386 g/mol.